The second-order valence-corrected chi connectivity index (χ2v) is 9.30. The molecule has 1 aliphatic heterocycles. The van der Waals surface area contributed by atoms with E-state index in [2.05, 4.69) is 28.4 Å². The fourth-order valence-corrected chi connectivity index (χ4v) is 4.64. The predicted octanol–water partition coefficient (Wildman–Crippen LogP) is 6.28. The Bertz CT molecular complexity index is 1240. The van der Waals surface area contributed by atoms with Gasteiger partial charge in [0.1, 0.15) is 11.6 Å². The maximum Gasteiger partial charge on any atom is 0.162 e. The average Bonchev–Trinajstić information content (AvgIpc) is 2.89. The minimum Gasteiger partial charge on any atom is -0.497 e. The van der Waals surface area contributed by atoms with Crippen molar-refractivity contribution >= 4 is 28.3 Å². The van der Waals surface area contributed by atoms with E-state index >= 15 is 0 Å². The smallest absolute Gasteiger partial charge is 0.162 e. The van der Waals surface area contributed by atoms with E-state index in [4.69, 9.17) is 26.3 Å². The molecule has 1 aliphatic rings. The van der Waals surface area contributed by atoms with Gasteiger partial charge in [-0.15, -0.1) is 0 Å². The molecule has 5 nitrogen and oxygen atoms in total. The molecule has 0 radical (unpaired) electrons. The zero-order chi connectivity index (χ0) is 23.3. The van der Waals surface area contributed by atoms with Crippen molar-refractivity contribution in [1.82, 2.24) is 14.9 Å². The van der Waals surface area contributed by atoms with Crippen LogP contribution in [0.25, 0.3) is 22.3 Å². The number of piperidine rings is 1. The molecule has 0 aliphatic carbocycles. The van der Waals surface area contributed by atoms with Gasteiger partial charge in [-0.2, -0.15) is 0 Å². The van der Waals surface area contributed by atoms with E-state index in [1.807, 2.05) is 54.6 Å². The molecule has 1 saturated heterocycles. The Hall–Kier alpha value is -3.15. The molecule has 1 N–H and O–H groups in total. The number of hydrogen-bond donors (Lipinski definition) is 1. The number of benzene rings is 3. The third-order valence-corrected chi connectivity index (χ3v) is 6.79. The van der Waals surface area contributed by atoms with Crippen LogP contribution in [0.5, 0.6) is 5.75 Å². The Morgan fingerprint density at radius 2 is 1.68 bits per heavy atom. The molecule has 34 heavy (non-hydrogen) atoms. The Labute approximate surface area is 205 Å². The van der Waals surface area contributed by atoms with Crippen LogP contribution in [0.15, 0.2) is 72.8 Å². The average molecular weight is 473 g/mol. The van der Waals surface area contributed by atoms with Gasteiger partial charge in [0.25, 0.3) is 0 Å². The van der Waals surface area contributed by atoms with Crippen molar-refractivity contribution < 1.29 is 4.74 Å². The Balaban J connectivity index is 1.25. The SMILES string of the molecule is COc1ccc(-c2nc(NCC3CCN(Cc4ccc(Cl)cc4)CC3)c3ccccc3n2)cc1. The summed E-state index contributed by atoms with van der Waals surface area (Å²) >= 11 is 6.02. The number of fused-ring (bicyclic) bond motifs is 1. The van der Waals surface area contributed by atoms with Gasteiger partial charge in [-0.05, 0) is 85.9 Å². The van der Waals surface area contributed by atoms with Crippen LogP contribution in [0, 0.1) is 5.92 Å². The number of nitrogens with one attached hydrogen (secondary N) is 1. The van der Waals surface area contributed by atoms with Gasteiger partial charge in [-0.3, -0.25) is 4.90 Å². The molecule has 0 atom stereocenters. The lowest BCUT2D eigenvalue weighted by Gasteiger charge is -2.32. The topological polar surface area (TPSA) is 50.3 Å². The first-order valence-corrected chi connectivity index (χ1v) is 12.2. The van der Waals surface area contributed by atoms with E-state index in [0.29, 0.717) is 5.92 Å². The normalized spacial score (nSPS) is 14.9. The minimum absolute atomic E-state index is 0.625. The molecule has 4 aromatic rings. The minimum atomic E-state index is 0.625. The first-order chi connectivity index (χ1) is 16.7. The fraction of sp³-hybridized carbons (Fsp3) is 0.286. The number of methoxy groups -OCH3 is 1. The molecule has 5 rings (SSSR count). The van der Waals surface area contributed by atoms with Crippen molar-refractivity contribution in [2.45, 2.75) is 19.4 Å². The maximum absolute atomic E-state index is 6.02. The summed E-state index contributed by atoms with van der Waals surface area (Å²) < 4.78 is 5.29. The van der Waals surface area contributed by atoms with Crippen LogP contribution in [-0.2, 0) is 6.54 Å². The molecular weight excluding hydrogens is 444 g/mol. The number of ether oxygens (including phenoxy) is 1. The fourth-order valence-electron chi connectivity index (χ4n) is 4.52. The molecule has 1 fully saturated rings. The van der Waals surface area contributed by atoms with Crippen molar-refractivity contribution in [2.24, 2.45) is 5.92 Å². The summed E-state index contributed by atoms with van der Waals surface area (Å²) in [4.78, 5) is 12.2. The van der Waals surface area contributed by atoms with Crippen LogP contribution < -0.4 is 10.1 Å². The predicted molar refractivity (Wildman–Crippen MR) is 139 cm³/mol. The van der Waals surface area contributed by atoms with Crippen LogP contribution in [0.4, 0.5) is 5.82 Å². The summed E-state index contributed by atoms with van der Waals surface area (Å²) in [5.74, 6) is 3.08. The lowest BCUT2D eigenvalue weighted by atomic mass is 9.96. The highest BCUT2D eigenvalue weighted by molar-refractivity contribution is 6.30. The van der Waals surface area contributed by atoms with Crippen molar-refractivity contribution in [3.8, 4) is 17.1 Å². The molecule has 174 valence electrons. The lowest BCUT2D eigenvalue weighted by Crippen LogP contribution is -2.35. The molecule has 0 bridgehead atoms. The van der Waals surface area contributed by atoms with E-state index in [1.54, 1.807) is 7.11 Å². The van der Waals surface area contributed by atoms with Crippen LogP contribution >= 0.6 is 11.6 Å². The van der Waals surface area contributed by atoms with Crippen molar-refractivity contribution in [3.05, 3.63) is 83.4 Å². The lowest BCUT2D eigenvalue weighted by molar-refractivity contribution is 0.182. The van der Waals surface area contributed by atoms with Crippen LogP contribution in [0.3, 0.4) is 0 Å². The highest BCUT2D eigenvalue weighted by Gasteiger charge is 2.20. The quantitative estimate of drug-likeness (QED) is 0.343. The molecule has 6 heteroatoms. The first-order valence-electron chi connectivity index (χ1n) is 11.8. The van der Waals surface area contributed by atoms with Crippen molar-refractivity contribution in [2.75, 3.05) is 32.1 Å². The summed E-state index contributed by atoms with van der Waals surface area (Å²) in [6.07, 6.45) is 2.35. The summed E-state index contributed by atoms with van der Waals surface area (Å²) in [5, 5.41) is 5.50. The number of nitrogens with zero attached hydrogens (tertiary/aromatic N) is 3. The van der Waals surface area contributed by atoms with E-state index in [-0.39, 0.29) is 0 Å². The number of anilines is 1. The zero-order valence-electron chi connectivity index (χ0n) is 19.4. The van der Waals surface area contributed by atoms with Crippen LogP contribution in [0.2, 0.25) is 5.02 Å². The highest BCUT2D eigenvalue weighted by atomic mass is 35.5. The van der Waals surface area contributed by atoms with E-state index in [0.717, 1.165) is 65.1 Å². The molecule has 0 amide bonds. The van der Waals surface area contributed by atoms with Gasteiger partial charge in [0.05, 0.1) is 12.6 Å². The number of hydrogen-bond acceptors (Lipinski definition) is 5. The van der Waals surface area contributed by atoms with E-state index in [1.165, 1.54) is 18.4 Å². The molecule has 0 unspecified atom stereocenters. The standard InChI is InChI=1S/C28H29ClN4O/c1-34-24-12-8-22(9-13-24)27-31-26-5-3-2-4-25(26)28(32-27)30-18-20-14-16-33(17-15-20)19-21-6-10-23(29)11-7-21/h2-13,20H,14-19H2,1H3,(H,30,31,32). The van der Waals surface area contributed by atoms with Gasteiger partial charge in [-0.1, -0.05) is 35.9 Å². The monoisotopic (exact) mass is 472 g/mol. The maximum atomic E-state index is 6.02. The van der Waals surface area contributed by atoms with Gasteiger partial charge >= 0.3 is 0 Å². The molecule has 0 saturated carbocycles. The summed E-state index contributed by atoms with van der Waals surface area (Å²) in [6.45, 7) is 4.12. The van der Waals surface area contributed by atoms with Gasteiger partial charge < -0.3 is 10.1 Å². The van der Waals surface area contributed by atoms with Gasteiger partial charge in [0.2, 0.25) is 0 Å². The zero-order valence-corrected chi connectivity index (χ0v) is 20.1. The Morgan fingerprint density at radius 1 is 0.941 bits per heavy atom. The number of para-hydroxylation sites is 1. The van der Waals surface area contributed by atoms with E-state index in [9.17, 15) is 0 Å². The second-order valence-electron chi connectivity index (χ2n) is 8.87. The Morgan fingerprint density at radius 3 is 2.41 bits per heavy atom. The van der Waals surface area contributed by atoms with Crippen LogP contribution in [0.1, 0.15) is 18.4 Å². The number of halogens is 1. The third-order valence-electron chi connectivity index (χ3n) is 6.54. The van der Waals surface area contributed by atoms with E-state index < -0.39 is 0 Å². The largest absolute Gasteiger partial charge is 0.497 e. The molecule has 2 heterocycles. The highest BCUT2D eigenvalue weighted by Crippen LogP contribution is 2.27. The van der Waals surface area contributed by atoms with Gasteiger partial charge in [0.15, 0.2) is 5.82 Å². The number of likely N-dealkylation sites (tertiary alicyclic amines) is 1. The number of rotatable bonds is 7. The summed E-state index contributed by atoms with van der Waals surface area (Å²) in [6, 6.07) is 24.3. The summed E-state index contributed by atoms with van der Waals surface area (Å²) in [5.41, 5.74) is 3.24. The molecule has 3 aromatic carbocycles. The second kappa shape index (κ2) is 10.4. The Kier molecular flexibility index (Phi) is 6.93. The van der Waals surface area contributed by atoms with Crippen molar-refractivity contribution in [3.63, 3.8) is 0 Å². The van der Waals surface area contributed by atoms with Crippen molar-refractivity contribution in [1.29, 1.82) is 0 Å². The number of aromatic nitrogens is 2. The van der Waals surface area contributed by atoms with Gasteiger partial charge in [-0.25, -0.2) is 9.97 Å². The molecular formula is C28H29ClN4O. The van der Waals surface area contributed by atoms with Crippen LogP contribution in [-0.4, -0.2) is 41.6 Å². The first kappa shape index (κ1) is 22.6. The molecule has 0 spiro atoms. The molecule has 1 aromatic heterocycles. The summed E-state index contributed by atoms with van der Waals surface area (Å²) in [7, 11) is 1.67. The third kappa shape index (κ3) is 5.32. The van der Waals surface area contributed by atoms with Gasteiger partial charge in [0, 0.05) is 29.1 Å².